The van der Waals surface area contributed by atoms with Crippen LogP contribution in [-0.2, 0) is 9.53 Å². The number of fused-ring (bicyclic) bond motifs is 1. The monoisotopic (exact) mass is 258 g/mol. The molecule has 0 amide bonds. The molecule has 4 nitrogen and oxygen atoms in total. The molecular formula is C15H18N2O2. The number of hydrogen-bond donors (Lipinski definition) is 1. The lowest BCUT2D eigenvalue weighted by atomic mass is 9.93. The molecule has 2 aromatic rings. The van der Waals surface area contributed by atoms with Crippen LogP contribution >= 0.6 is 0 Å². The van der Waals surface area contributed by atoms with E-state index < -0.39 is 0 Å². The van der Waals surface area contributed by atoms with E-state index in [1.807, 2.05) is 43.3 Å². The predicted molar refractivity (Wildman–Crippen MR) is 74.8 cm³/mol. The molecule has 0 bridgehead atoms. The SMILES string of the molecule is COC(=O)CC(c1ccc2ccccc2n1)C(C)N. The van der Waals surface area contributed by atoms with Crippen LogP contribution in [0.5, 0.6) is 0 Å². The molecule has 0 aliphatic carbocycles. The van der Waals surface area contributed by atoms with Gasteiger partial charge in [-0.05, 0) is 19.1 Å². The number of nitrogens with zero attached hydrogens (tertiary/aromatic N) is 1. The number of methoxy groups -OCH3 is 1. The number of carbonyl (C=O) groups excluding carboxylic acids is 1. The van der Waals surface area contributed by atoms with E-state index in [2.05, 4.69) is 4.98 Å². The number of rotatable bonds is 4. The third-order valence-corrected chi connectivity index (χ3v) is 3.25. The molecule has 0 spiro atoms. The highest BCUT2D eigenvalue weighted by Gasteiger charge is 2.21. The van der Waals surface area contributed by atoms with Crippen LogP contribution in [0.3, 0.4) is 0 Å². The summed E-state index contributed by atoms with van der Waals surface area (Å²) in [7, 11) is 1.38. The van der Waals surface area contributed by atoms with E-state index in [0.717, 1.165) is 16.6 Å². The molecule has 1 aromatic heterocycles. The molecule has 2 unspecified atom stereocenters. The Hall–Kier alpha value is -1.94. The average molecular weight is 258 g/mol. The highest BCUT2D eigenvalue weighted by atomic mass is 16.5. The summed E-state index contributed by atoms with van der Waals surface area (Å²) >= 11 is 0. The normalized spacial score (nSPS) is 14.1. The van der Waals surface area contributed by atoms with E-state index in [4.69, 9.17) is 10.5 Å². The molecule has 0 saturated carbocycles. The van der Waals surface area contributed by atoms with Gasteiger partial charge in [-0.2, -0.15) is 0 Å². The van der Waals surface area contributed by atoms with Crippen molar-refractivity contribution in [1.29, 1.82) is 0 Å². The first-order chi connectivity index (χ1) is 9.11. The molecule has 19 heavy (non-hydrogen) atoms. The second-order valence-electron chi connectivity index (χ2n) is 4.67. The van der Waals surface area contributed by atoms with Crippen molar-refractivity contribution >= 4 is 16.9 Å². The number of nitrogens with two attached hydrogens (primary N) is 1. The molecule has 100 valence electrons. The van der Waals surface area contributed by atoms with Crippen molar-refractivity contribution in [2.24, 2.45) is 5.73 Å². The summed E-state index contributed by atoms with van der Waals surface area (Å²) in [5.41, 5.74) is 7.71. The fourth-order valence-electron chi connectivity index (χ4n) is 2.11. The lowest BCUT2D eigenvalue weighted by Gasteiger charge is -2.19. The number of ether oxygens (including phenoxy) is 1. The highest BCUT2D eigenvalue weighted by Crippen LogP contribution is 2.23. The van der Waals surface area contributed by atoms with Crippen LogP contribution in [0.4, 0.5) is 0 Å². The maximum absolute atomic E-state index is 11.5. The predicted octanol–water partition coefficient (Wildman–Crippen LogP) is 2.23. The second kappa shape index (κ2) is 5.80. The Kier molecular flexibility index (Phi) is 4.12. The number of benzene rings is 1. The number of para-hydroxylation sites is 1. The van der Waals surface area contributed by atoms with Gasteiger partial charge in [0.1, 0.15) is 0 Å². The molecule has 4 heteroatoms. The zero-order valence-electron chi connectivity index (χ0n) is 11.2. The molecule has 0 saturated heterocycles. The van der Waals surface area contributed by atoms with Gasteiger partial charge in [0, 0.05) is 23.0 Å². The summed E-state index contributed by atoms with van der Waals surface area (Å²) in [6.45, 7) is 1.88. The van der Waals surface area contributed by atoms with E-state index in [9.17, 15) is 4.79 Å². The van der Waals surface area contributed by atoms with Crippen molar-refractivity contribution in [2.45, 2.75) is 25.3 Å². The van der Waals surface area contributed by atoms with Crippen LogP contribution in [-0.4, -0.2) is 24.1 Å². The summed E-state index contributed by atoms with van der Waals surface area (Å²) in [4.78, 5) is 16.1. The number of hydrogen-bond acceptors (Lipinski definition) is 4. The van der Waals surface area contributed by atoms with Crippen LogP contribution in [0.2, 0.25) is 0 Å². The van der Waals surface area contributed by atoms with E-state index in [-0.39, 0.29) is 24.3 Å². The van der Waals surface area contributed by atoms with E-state index in [1.54, 1.807) is 0 Å². The molecule has 0 aliphatic rings. The van der Waals surface area contributed by atoms with E-state index in [0.29, 0.717) is 0 Å². The molecule has 0 radical (unpaired) electrons. The van der Waals surface area contributed by atoms with Crippen molar-refractivity contribution in [1.82, 2.24) is 4.98 Å². The van der Waals surface area contributed by atoms with Gasteiger partial charge in [-0.15, -0.1) is 0 Å². The van der Waals surface area contributed by atoms with Gasteiger partial charge in [-0.1, -0.05) is 24.3 Å². The van der Waals surface area contributed by atoms with Crippen LogP contribution in [0, 0.1) is 0 Å². The summed E-state index contributed by atoms with van der Waals surface area (Å²) < 4.78 is 4.72. The fourth-order valence-corrected chi connectivity index (χ4v) is 2.11. The molecule has 2 atom stereocenters. The molecule has 1 aromatic carbocycles. The largest absolute Gasteiger partial charge is 0.469 e. The van der Waals surface area contributed by atoms with Crippen molar-refractivity contribution in [3.8, 4) is 0 Å². The first kappa shape index (κ1) is 13.5. The Morgan fingerprint density at radius 3 is 2.74 bits per heavy atom. The Balaban J connectivity index is 2.36. The van der Waals surface area contributed by atoms with Gasteiger partial charge in [0.15, 0.2) is 0 Å². The van der Waals surface area contributed by atoms with Crippen molar-refractivity contribution in [3.05, 3.63) is 42.1 Å². The molecule has 2 N–H and O–H groups in total. The molecule has 0 aliphatic heterocycles. The minimum absolute atomic E-state index is 0.128. The van der Waals surface area contributed by atoms with Crippen LogP contribution in [0.15, 0.2) is 36.4 Å². The van der Waals surface area contributed by atoms with Gasteiger partial charge in [-0.3, -0.25) is 9.78 Å². The number of aromatic nitrogens is 1. The zero-order valence-corrected chi connectivity index (χ0v) is 11.2. The Morgan fingerprint density at radius 2 is 2.05 bits per heavy atom. The lowest BCUT2D eigenvalue weighted by molar-refractivity contribution is -0.141. The minimum Gasteiger partial charge on any atom is -0.469 e. The van der Waals surface area contributed by atoms with Crippen LogP contribution in [0.1, 0.15) is 25.0 Å². The lowest BCUT2D eigenvalue weighted by Crippen LogP contribution is -2.28. The standard InChI is InChI=1S/C15H18N2O2/c1-10(16)12(9-15(18)19-2)14-8-7-11-5-3-4-6-13(11)17-14/h3-8,10,12H,9,16H2,1-2H3. The maximum atomic E-state index is 11.5. The number of carbonyl (C=O) groups is 1. The molecule has 1 heterocycles. The Bertz CT molecular complexity index is 581. The van der Waals surface area contributed by atoms with Gasteiger partial charge < -0.3 is 10.5 Å². The van der Waals surface area contributed by atoms with Gasteiger partial charge in [0.2, 0.25) is 0 Å². The van der Waals surface area contributed by atoms with Gasteiger partial charge >= 0.3 is 5.97 Å². The quantitative estimate of drug-likeness (QED) is 0.854. The Labute approximate surface area is 112 Å². The molecule has 2 rings (SSSR count). The average Bonchev–Trinajstić information content (AvgIpc) is 2.43. The van der Waals surface area contributed by atoms with Crippen molar-refractivity contribution < 1.29 is 9.53 Å². The van der Waals surface area contributed by atoms with Gasteiger partial charge in [0.25, 0.3) is 0 Å². The second-order valence-corrected chi connectivity index (χ2v) is 4.67. The third-order valence-electron chi connectivity index (χ3n) is 3.25. The fraction of sp³-hybridized carbons (Fsp3) is 0.333. The van der Waals surface area contributed by atoms with Crippen molar-refractivity contribution in [3.63, 3.8) is 0 Å². The van der Waals surface area contributed by atoms with Gasteiger partial charge in [-0.25, -0.2) is 0 Å². The maximum Gasteiger partial charge on any atom is 0.306 e. The number of pyridine rings is 1. The number of esters is 1. The van der Waals surface area contributed by atoms with Gasteiger partial charge in [0.05, 0.1) is 19.0 Å². The topological polar surface area (TPSA) is 65.2 Å². The molecule has 0 fully saturated rings. The third kappa shape index (κ3) is 3.09. The smallest absolute Gasteiger partial charge is 0.306 e. The molecular weight excluding hydrogens is 240 g/mol. The van der Waals surface area contributed by atoms with E-state index >= 15 is 0 Å². The first-order valence-electron chi connectivity index (χ1n) is 6.30. The highest BCUT2D eigenvalue weighted by molar-refractivity contribution is 5.78. The minimum atomic E-state index is -0.266. The van der Waals surface area contributed by atoms with Crippen LogP contribution in [0.25, 0.3) is 10.9 Å². The summed E-state index contributed by atoms with van der Waals surface area (Å²) in [6, 6.07) is 11.7. The summed E-state index contributed by atoms with van der Waals surface area (Å²) in [6.07, 6.45) is 0.250. The summed E-state index contributed by atoms with van der Waals surface area (Å²) in [5, 5.41) is 1.08. The van der Waals surface area contributed by atoms with E-state index in [1.165, 1.54) is 7.11 Å². The van der Waals surface area contributed by atoms with Crippen LogP contribution < -0.4 is 5.73 Å². The first-order valence-corrected chi connectivity index (χ1v) is 6.30. The zero-order chi connectivity index (χ0) is 13.8. The summed E-state index contributed by atoms with van der Waals surface area (Å²) in [5.74, 6) is -0.394. The Morgan fingerprint density at radius 1 is 1.32 bits per heavy atom. The van der Waals surface area contributed by atoms with Crippen molar-refractivity contribution in [2.75, 3.05) is 7.11 Å².